The van der Waals surface area contributed by atoms with Crippen LogP contribution >= 0.6 is 11.3 Å². The lowest BCUT2D eigenvalue weighted by Gasteiger charge is -2.03. The van der Waals surface area contributed by atoms with E-state index in [1.807, 2.05) is 32.9 Å². The van der Waals surface area contributed by atoms with E-state index in [1.54, 1.807) is 6.20 Å². The molecule has 0 bridgehead atoms. The molecule has 0 saturated carbocycles. The number of nitrogens with one attached hydrogen (secondary N) is 1. The van der Waals surface area contributed by atoms with E-state index >= 15 is 0 Å². The first kappa shape index (κ1) is 11.7. The molecule has 1 N–H and O–H groups in total. The van der Waals surface area contributed by atoms with Crippen LogP contribution in [0.3, 0.4) is 0 Å². The number of anilines is 1. The van der Waals surface area contributed by atoms with Crippen molar-refractivity contribution in [1.82, 2.24) is 9.97 Å². The summed E-state index contributed by atoms with van der Waals surface area (Å²) in [5.41, 5.74) is 1.54. The molecule has 0 unspecified atom stereocenters. The molecule has 2 rings (SSSR count). The number of nitrogens with zero attached hydrogens (tertiary/aromatic N) is 2. The Bertz CT molecular complexity index is 563. The summed E-state index contributed by atoms with van der Waals surface area (Å²) in [5.74, 6) is 0.352. The zero-order chi connectivity index (χ0) is 12.4. The monoisotopic (exact) mass is 247 g/mol. The van der Waals surface area contributed by atoms with Gasteiger partial charge in [-0.3, -0.25) is 4.79 Å². The fourth-order valence-corrected chi connectivity index (χ4v) is 2.33. The average molecular weight is 247 g/mol. The second-order valence-electron chi connectivity index (χ2n) is 3.81. The van der Waals surface area contributed by atoms with Gasteiger partial charge in [-0.15, -0.1) is 11.3 Å². The van der Waals surface area contributed by atoms with Crippen LogP contribution in [0.4, 0.5) is 5.82 Å². The third-order valence-electron chi connectivity index (χ3n) is 2.28. The number of rotatable bonds is 2. The molecule has 1 amide bonds. The lowest BCUT2D eigenvalue weighted by molar-refractivity contribution is 0.102. The fourth-order valence-electron chi connectivity index (χ4n) is 1.52. The molecule has 2 aromatic rings. The highest BCUT2D eigenvalue weighted by molar-refractivity contribution is 7.11. The number of carbonyl (C=O) groups excluding carboxylic acids is 1. The molecule has 0 aliphatic rings. The molecule has 0 fully saturated rings. The van der Waals surface area contributed by atoms with E-state index < -0.39 is 0 Å². The van der Waals surface area contributed by atoms with Crippen LogP contribution in [0.5, 0.6) is 0 Å². The summed E-state index contributed by atoms with van der Waals surface area (Å²) in [7, 11) is 0. The van der Waals surface area contributed by atoms with Gasteiger partial charge in [0.1, 0.15) is 11.5 Å². The van der Waals surface area contributed by atoms with Crippen molar-refractivity contribution >= 4 is 23.1 Å². The summed E-state index contributed by atoms with van der Waals surface area (Å²) in [6.45, 7) is 5.73. The normalized spacial score (nSPS) is 10.3. The number of hydrogen-bond acceptors (Lipinski definition) is 4. The minimum Gasteiger partial charge on any atom is -0.305 e. The van der Waals surface area contributed by atoms with Crippen molar-refractivity contribution in [2.45, 2.75) is 20.8 Å². The molecule has 2 heterocycles. The van der Waals surface area contributed by atoms with Gasteiger partial charge in [-0.25, -0.2) is 9.97 Å². The Hall–Kier alpha value is -1.75. The zero-order valence-corrected chi connectivity index (χ0v) is 10.8. The Kier molecular flexibility index (Phi) is 3.19. The van der Waals surface area contributed by atoms with Gasteiger partial charge < -0.3 is 5.32 Å². The Morgan fingerprint density at radius 1 is 1.35 bits per heavy atom. The molecule has 0 aliphatic carbocycles. The van der Waals surface area contributed by atoms with Crippen molar-refractivity contribution in [3.8, 4) is 0 Å². The van der Waals surface area contributed by atoms with Gasteiger partial charge in [-0.1, -0.05) is 0 Å². The maximum atomic E-state index is 12.0. The SMILES string of the molecule is Cc1ccnc(NC(=O)c2nc(C)sc2C)c1. The van der Waals surface area contributed by atoms with Gasteiger partial charge in [-0.2, -0.15) is 0 Å². The van der Waals surface area contributed by atoms with Crippen LogP contribution in [0.25, 0.3) is 0 Å². The molecule has 0 aromatic carbocycles. The van der Waals surface area contributed by atoms with Crippen LogP contribution in [0.2, 0.25) is 0 Å². The molecule has 0 saturated heterocycles. The average Bonchev–Trinajstić information content (AvgIpc) is 2.58. The lowest BCUT2D eigenvalue weighted by atomic mass is 10.3. The van der Waals surface area contributed by atoms with E-state index in [2.05, 4.69) is 15.3 Å². The molecule has 0 aliphatic heterocycles. The van der Waals surface area contributed by atoms with E-state index in [4.69, 9.17) is 0 Å². The van der Waals surface area contributed by atoms with Crippen LogP contribution in [0.15, 0.2) is 18.3 Å². The Balaban J connectivity index is 2.20. The van der Waals surface area contributed by atoms with Crippen molar-refractivity contribution in [3.63, 3.8) is 0 Å². The molecule has 0 spiro atoms. The van der Waals surface area contributed by atoms with Crippen molar-refractivity contribution in [1.29, 1.82) is 0 Å². The number of hydrogen-bond donors (Lipinski definition) is 1. The first-order valence-electron chi connectivity index (χ1n) is 5.24. The third kappa shape index (κ3) is 2.68. The minimum absolute atomic E-state index is 0.204. The first-order valence-corrected chi connectivity index (χ1v) is 6.06. The molecular weight excluding hydrogens is 234 g/mol. The van der Waals surface area contributed by atoms with Crippen molar-refractivity contribution in [2.24, 2.45) is 0 Å². The van der Waals surface area contributed by atoms with Gasteiger partial charge in [0, 0.05) is 11.1 Å². The van der Waals surface area contributed by atoms with Crippen molar-refractivity contribution < 1.29 is 4.79 Å². The van der Waals surface area contributed by atoms with Crippen LogP contribution in [-0.2, 0) is 0 Å². The molecule has 2 aromatic heterocycles. The highest BCUT2D eigenvalue weighted by Crippen LogP contribution is 2.17. The number of pyridine rings is 1. The largest absolute Gasteiger partial charge is 0.305 e. The summed E-state index contributed by atoms with van der Waals surface area (Å²) < 4.78 is 0. The molecule has 0 atom stereocenters. The summed E-state index contributed by atoms with van der Waals surface area (Å²) in [6.07, 6.45) is 1.67. The van der Waals surface area contributed by atoms with Gasteiger partial charge in [0.15, 0.2) is 0 Å². The van der Waals surface area contributed by atoms with E-state index in [1.165, 1.54) is 11.3 Å². The Labute approximate surface area is 104 Å². The quantitative estimate of drug-likeness (QED) is 0.887. The summed E-state index contributed by atoms with van der Waals surface area (Å²) in [6, 6.07) is 3.71. The van der Waals surface area contributed by atoms with Gasteiger partial charge in [0.05, 0.1) is 5.01 Å². The van der Waals surface area contributed by atoms with E-state index in [0.717, 1.165) is 15.4 Å². The number of thiazole rings is 1. The summed E-state index contributed by atoms with van der Waals surface area (Å²) in [4.78, 5) is 21.2. The fraction of sp³-hybridized carbons (Fsp3) is 0.250. The van der Waals surface area contributed by atoms with Crippen molar-refractivity contribution in [3.05, 3.63) is 39.5 Å². The lowest BCUT2D eigenvalue weighted by Crippen LogP contribution is -2.14. The molecule has 17 heavy (non-hydrogen) atoms. The van der Waals surface area contributed by atoms with Crippen LogP contribution in [-0.4, -0.2) is 15.9 Å². The number of amides is 1. The minimum atomic E-state index is -0.204. The Morgan fingerprint density at radius 3 is 2.71 bits per heavy atom. The van der Waals surface area contributed by atoms with E-state index in [9.17, 15) is 4.79 Å². The first-order chi connectivity index (χ1) is 8.06. The zero-order valence-electron chi connectivity index (χ0n) is 9.94. The third-order valence-corrected chi connectivity index (χ3v) is 3.16. The second kappa shape index (κ2) is 4.63. The van der Waals surface area contributed by atoms with E-state index in [-0.39, 0.29) is 5.91 Å². The number of aryl methyl sites for hydroxylation is 3. The maximum Gasteiger partial charge on any atom is 0.276 e. The summed E-state index contributed by atoms with van der Waals surface area (Å²) in [5, 5.41) is 3.64. The van der Waals surface area contributed by atoms with Crippen LogP contribution in [0, 0.1) is 20.8 Å². The maximum absolute atomic E-state index is 12.0. The molecule has 5 heteroatoms. The van der Waals surface area contributed by atoms with Crippen molar-refractivity contribution in [2.75, 3.05) is 5.32 Å². The number of carbonyl (C=O) groups is 1. The summed E-state index contributed by atoms with van der Waals surface area (Å²) >= 11 is 1.52. The predicted octanol–water partition coefficient (Wildman–Crippen LogP) is 2.72. The van der Waals surface area contributed by atoms with Gasteiger partial charge in [0.2, 0.25) is 0 Å². The van der Waals surface area contributed by atoms with E-state index in [0.29, 0.717) is 11.5 Å². The number of aromatic nitrogens is 2. The smallest absolute Gasteiger partial charge is 0.276 e. The molecule has 4 nitrogen and oxygen atoms in total. The molecule has 0 radical (unpaired) electrons. The highest BCUT2D eigenvalue weighted by Gasteiger charge is 2.14. The topological polar surface area (TPSA) is 54.9 Å². The van der Waals surface area contributed by atoms with Crippen LogP contribution in [0.1, 0.15) is 25.9 Å². The van der Waals surface area contributed by atoms with Gasteiger partial charge >= 0.3 is 0 Å². The second-order valence-corrected chi connectivity index (χ2v) is 5.22. The van der Waals surface area contributed by atoms with Gasteiger partial charge in [0.25, 0.3) is 5.91 Å². The predicted molar refractivity (Wildman–Crippen MR) is 68.5 cm³/mol. The molecule has 88 valence electrons. The molecular formula is C12H13N3OS. The highest BCUT2D eigenvalue weighted by atomic mass is 32.1. The Morgan fingerprint density at radius 2 is 2.12 bits per heavy atom. The standard InChI is InChI=1S/C12H13N3OS/c1-7-4-5-13-10(6-7)15-12(16)11-8(2)17-9(3)14-11/h4-6H,1-3H3,(H,13,15,16). The van der Waals surface area contributed by atoms with Crippen LogP contribution < -0.4 is 5.32 Å². The van der Waals surface area contributed by atoms with Gasteiger partial charge in [-0.05, 0) is 38.5 Å².